The zero-order chi connectivity index (χ0) is 13.8. The number of nitrogens with two attached hydrogens (primary N) is 1. The van der Waals surface area contributed by atoms with Crippen LogP contribution in [0.15, 0.2) is 52.3 Å². The predicted molar refractivity (Wildman–Crippen MR) is 77.8 cm³/mol. The second kappa shape index (κ2) is 5.99. The lowest BCUT2D eigenvalue weighted by atomic mass is 10.2. The summed E-state index contributed by atoms with van der Waals surface area (Å²) in [6.45, 7) is 0. The fourth-order valence-corrected chi connectivity index (χ4v) is 2.69. The summed E-state index contributed by atoms with van der Waals surface area (Å²) in [6.07, 6.45) is 0. The van der Waals surface area contributed by atoms with E-state index in [0.717, 1.165) is 15.5 Å². The van der Waals surface area contributed by atoms with Crippen molar-refractivity contribution in [3.63, 3.8) is 0 Å². The van der Waals surface area contributed by atoms with Crippen molar-refractivity contribution in [1.29, 1.82) is 0 Å². The van der Waals surface area contributed by atoms with Crippen LogP contribution in [0.2, 0.25) is 5.02 Å². The molecule has 0 saturated carbocycles. The maximum atomic E-state index is 11.4. The Bertz CT molecular complexity index is 599. The molecule has 2 aromatic carbocycles. The third-order valence-electron chi connectivity index (χ3n) is 2.46. The van der Waals surface area contributed by atoms with E-state index in [1.54, 1.807) is 23.9 Å². The molecule has 0 aliphatic carbocycles. The van der Waals surface area contributed by atoms with Crippen LogP contribution in [0.3, 0.4) is 0 Å². The maximum absolute atomic E-state index is 11.4. The van der Waals surface area contributed by atoms with Gasteiger partial charge in [0.25, 0.3) is 0 Å². The summed E-state index contributed by atoms with van der Waals surface area (Å²) in [5.74, 6) is -0.436. The van der Waals surface area contributed by atoms with Crippen molar-refractivity contribution in [3.8, 4) is 0 Å². The van der Waals surface area contributed by atoms with E-state index in [9.17, 15) is 4.79 Å². The lowest BCUT2D eigenvalue weighted by Crippen LogP contribution is -2.01. The zero-order valence-corrected chi connectivity index (χ0v) is 11.8. The van der Waals surface area contributed by atoms with Gasteiger partial charge in [0.2, 0.25) is 0 Å². The number of nitrogen functional groups attached to an aromatic ring is 1. The van der Waals surface area contributed by atoms with E-state index < -0.39 is 5.97 Å². The zero-order valence-electron chi connectivity index (χ0n) is 10.2. The van der Waals surface area contributed by atoms with Gasteiger partial charge in [-0.2, -0.15) is 0 Å². The summed E-state index contributed by atoms with van der Waals surface area (Å²) in [6, 6.07) is 12.8. The molecule has 3 nitrogen and oxygen atoms in total. The highest BCUT2D eigenvalue weighted by molar-refractivity contribution is 7.99. The van der Waals surface area contributed by atoms with Gasteiger partial charge in [0, 0.05) is 15.5 Å². The molecule has 2 rings (SSSR count). The molecule has 0 radical (unpaired) electrons. The first kappa shape index (κ1) is 13.8. The molecule has 0 bridgehead atoms. The van der Waals surface area contributed by atoms with Crippen molar-refractivity contribution in [3.05, 3.63) is 53.1 Å². The number of methoxy groups -OCH3 is 1. The van der Waals surface area contributed by atoms with Crippen LogP contribution in [-0.4, -0.2) is 13.1 Å². The van der Waals surface area contributed by atoms with Gasteiger partial charge in [-0.05, 0) is 42.5 Å². The normalized spacial score (nSPS) is 10.2. The van der Waals surface area contributed by atoms with Crippen LogP contribution in [0.5, 0.6) is 0 Å². The van der Waals surface area contributed by atoms with Crippen molar-refractivity contribution in [2.24, 2.45) is 0 Å². The third-order valence-corrected chi connectivity index (χ3v) is 3.77. The molecule has 19 heavy (non-hydrogen) atoms. The third kappa shape index (κ3) is 3.43. The lowest BCUT2D eigenvalue weighted by molar-refractivity contribution is 0.0601. The first-order valence-electron chi connectivity index (χ1n) is 5.51. The smallest absolute Gasteiger partial charge is 0.339 e. The monoisotopic (exact) mass is 293 g/mol. The average molecular weight is 294 g/mol. The van der Waals surface area contributed by atoms with Crippen molar-refractivity contribution in [2.45, 2.75) is 9.79 Å². The number of rotatable bonds is 3. The number of carbonyl (C=O) groups is 1. The van der Waals surface area contributed by atoms with E-state index >= 15 is 0 Å². The molecule has 0 heterocycles. The minimum Gasteiger partial charge on any atom is -0.465 e. The Hall–Kier alpha value is -1.65. The van der Waals surface area contributed by atoms with Gasteiger partial charge >= 0.3 is 5.97 Å². The summed E-state index contributed by atoms with van der Waals surface area (Å²) >= 11 is 7.61. The summed E-state index contributed by atoms with van der Waals surface area (Å²) in [4.78, 5) is 13.4. The topological polar surface area (TPSA) is 52.3 Å². The van der Waals surface area contributed by atoms with E-state index in [1.807, 2.05) is 30.3 Å². The van der Waals surface area contributed by atoms with Crippen LogP contribution < -0.4 is 5.73 Å². The van der Waals surface area contributed by atoms with E-state index in [-0.39, 0.29) is 0 Å². The number of halogens is 1. The Morgan fingerprint density at radius 3 is 2.37 bits per heavy atom. The Labute approximate surface area is 120 Å². The summed E-state index contributed by atoms with van der Waals surface area (Å²) in [7, 11) is 1.33. The number of anilines is 1. The summed E-state index contributed by atoms with van der Waals surface area (Å²) in [5, 5.41) is 0.382. The van der Waals surface area contributed by atoms with Crippen LogP contribution in [0.4, 0.5) is 5.69 Å². The fraction of sp³-hybridized carbons (Fsp3) is 0.0714. The predicted octanol–water partition coefficient (Wildman–Crippen LogP) is 3.86. The molecule has 2 N–H and O–H groups in total. The first-order chi connectivity index (χ1) is 9.10. The Kier molecular flexibility index (Phi) is 4.35. The lowest BCUT2D eigenvalue weighted by Gasteiger charge is -2.06. The fourth-order valence-electron chi connectivity index (χ4n) is 1.51. The molecule has 0 atom stereocenters. The SMILES string of the molecule is COC(=O)c1ccc(Sc2ccc(N)cc2)cc1Cl. The van der Waals surface area contributed by atoms with Gasteiger partial charge in [-0.3, -0.25) is 0 Å². The molecule has 0 amide bonds. The van der Waals surface area contributed by atoms with Gasteiger partial charge < -0.3 is 10.5 Å². The molecular formula is C14H12ClNO2S. The molecule has 2 aromatic rings. The highest BCUT2D eigenvalue weighted by atomic mass is 35.5. The van der Waals surface area contributed by atoms with Crippen LogP contribution in [0.1, 0.15) is 10.4 Å². The molecule has 0 unspecified atom stereocenters. The van der Waals surface area contributed by atoms with Crippen molar-refractivity contribution in [1.82, 2.24) is 0 Å². The molecule has 0 fully saturated rings. The second-order valence-corrected chi connectivity index (χ2v) is 5.36. The van der Waals surface area contributed by atoms with Crippen LogP contribution in [0, 0.1) is 0 Å². The van der Waals surface area contributed by atoms with Crippen molar-refractivity contribution < 1.29 is 9.53 Å². The number of carbonyl (C=O) groups excluding carboxylic acids is 1. The maximum Gasteiger partial charge on any atom is 0.339 e. The molecule has 0 aromatic heterocycles. The van der Waals surface area contributed by atoms with Crippen LogP contribution >= 0.6 is 23.4 Å². The summed E-state index contributed by atoms with van der Waals surface area (Å²) in [5.41, 5.74) is 6.72. The highest BCUT2D eigenvalue weighted by Crippen LogP contribution is 2.31. The molecule has 0 spiro atoms. The molecule has 0 saturated heterocycles. The largest absolute Gasteiger partial charge is 0.465 e. The standard InChI is InChI=1S/C14H12ClNO2S/c1-18-14(17)12-7-6-11(8-13(12)15)19-10-4-2-9(16)3-5-10/h2-8H,16H2,1H3. The second-order valence-electron chi connectivity index (χ2n) is 3.80. The number of ether oxygens (including phenoxy) is 1. The van der Waals surface area contributed by atoms with Gasteiger partial charge in [0.05, 0.1) is 17.7 Å². The molecular weight excluding hydrogens is 282 g/mol. The number of hydrogen-bond acceptors (Lipinski definition) is 4. The minimum atomic E-state index is -0.436. The van der Waals surface area contributed by atoms with Gasteiger partial charge in [-0.25, -0.2) is 4.79 Å². The molecule has 98 valence electrons. The Balaban J connectivity index is 2.20. The highest BCUT2D eigenvalue weighted by Gasteiger charge is 2.11. The van der Waals surface area contributed by atoms with Crippen LogP contribution in [0.25, 0.3) is 0 Å². The van der Waals surface area contributed by atoms with Crippen molar-refractivity contribution in [2.75, 3.05) is 12.8 Å². The van der Waals surface area contributed by atoms with E-state index in [4.69, 9.17) is 17.3 Å². The van der Waals surface area contributed by atoms with E-state index in [0.29, 0.717) is 10.6 Å². The van der Waals surface area contributed by atoms with Gasteiger partial charge in [-0.15, -0.1) is 0 Å². The molecule has 0 aliphatic heterocycles. The van der Waals surface area contributed by atoms with Crippen molar-refractivity contribution >= 4 is 35.0 Å². The quantitative estimate of drug-likeness (QED) is 0.689. The number of hydrogen-bond donors (Lipinski definition) is 1. The van der Waals surface area contributed by atoms with Gasteiger partial charge in [0.15, 0.2) is 0 Å². The first-order valence-corrected chi connectivity index (χ1v) is 6.71. The van der Waals surface area contributed by atoms with Gasteiger partial charge in [-0.1, -0.05) is 23.4 Å². The van der Waals surface area contributed by atoms with Crippen LogP contribution in [-0.2, 0) is 4.74 Å². The number of esters is 1. The van der Waals surface area contributed by atoms with E-state index in [1.165, 1.54) is 7.11 Å². The molecule has 0 aliphatic rings. The minimum absolute atomic E-state index is 0.367. The Morgan fingerprint density at radius 1 is 1.16 bits per heavy atom. The Morgan fingerprint density at radius 2 is 1.79 bits per heavy atom. The summed E-state index contributed by atoms with van der Waals surface area (Å²) < 4.78 is 4.64. The molecule has 5 heteroatoms. The number of benzene rings is 2. The average Bonchev–Trinajstić information content (AvgIpc) is 2.41. The van der Waals surface area contributed by atoms with Gasteiger partial charge in [0.1, 0.15) is 0 Å². The van der Waals surface area contributed by atoms with E-state index in [2.05, 4.69) is 4.74 Å².